The topological polar surface area (TPSA) is 35.5 Å². The van der Waals surface area contributed by atoms with Gasteiger partial charge in [0.25, 0.3) is 0 Å². The van der Waals surface area contributed by atoms with E-state index in [0.29, 0.717) is 18.6 Å². The van der Waals surface area contributed by atoms with E-state index in [0.717, 1.165) is 5.92 Å². The van der Waals surface area contributed by atoms with Gasteiger partial charge in [-0.05, 0) is 69.9 Å². The molecule has 3 aliphatic carbocycles. The summed E-state index contributed by atoms with van der Waals surface area (Å²) in [6, 6.07) is 0.705. The fourth-order valence-electron chi connectivity index (χ4n) is 4.03. The molecule has 2 N–H and O–H groups in total. The molecule has 3 aliphatic rings. The molecule has 0 radical (unpaired) electrons. The average molecular weight is 280 g/mol. The Morgan fingerprint density at radius 1 is 1.20 bits per heavy atom. The Morgan fingerprint density at radius 3 is 2.60 bits per heavy atom. The molecule has 3 rings (SSSR count). The van der Waals surface area contributed by atoms with E-state index in [2.05, 4.69) is 17.1 Å². The Labute approximate surface area is 124 Å². The molecule has 0 aromatic carbocycles. The number of aliphatic hydroxyl groups is 1. The zero-order valence-electron chi connectivity index (χ0n) is 13.1. The molecule has 0 spiro atoms. The summed E-state index contributed by atoms with van der Waals surface area (Å²) in [6.07, 6.45) is 10.6. The summed E-state index contributed by atoms with van der Waals surface area (Å²) in [7, 11) is 0. The third kappa shape index (κ3) is 3.55. The van der Waals surface area contributed by atoms with Gasteiger partial charge in [0.05, 0.1) is 6.61 Å². The predicted octanol–water partition coefficient (Wildman–Crippen LogP) is 2.39. The van der Waals surface area contributed by atoms with Crippen LogP contribution in [0.25, 0.3) is 0 Å². The van der Waals surface area contributed by atoms with Crippen molar-refractivity contribution in [1.29, 1.82) is 0 Å². The standard InChI is InChI=1S/C17H32N2O/c1-2-19(12-14-5-6-14)11-9-15-4-3-10-17(15,13-20)18-16-7-8-16/h14-16,18,20H,2-13H2,1H3. The highest BCUT2D eigenvalue weighted by Crippen LogP contribution is 2.40. The molecule has 0 aromatic rings. The second-order valence-electron chi connectivity index (χ2n) is 7.45. The second-order valence-corrected chi connectivity index (χ2v) is 7.45. The van der Waals surface area contributed by atoms with Gasteiger partial charge >= 0.3 is 0 Å². The zero-order valence-corrected chi connectivity index (χ0v) is 13.1. The number of aliphatic hydroxyl groups excluding tert-OH is 1. The lowest BCUT2D eigenvalue weighted by atomic mass is 9.85. The fourth-order valence-corrected chi connectivity index (χ4v) is 4.03. The van der Waals surface area contributed by atoms with Gasteiger partial charge < -0.3 is 15.3 Å². The summed E-state index contributed by atoms with van der Waals surface area (Å²) < 4.78 is 0. The predicted molar refractivity (Wildman–Crippen MR) is 82.8 cm³/mol. The Bertz CT molecular complexity index is 314. The van der Waals surface area contributed by atoms with Gasteiger partial charge in [0.15, 0.2) is 0 Å². The molecule has 116 valence electrons. The van der Waals surface area contributed by atoms with Gasteiger partial charge in [0, 0.05) is 18.1 Å². The van der Waals surface area contributed by atoms with Crippen LogP contribution in [0.4, 0.5) is 0 Å². The number of nitrogens with zero attached hydrogens (tertiary/aromatic N) is 1. The Morgan fingerprint density at radius 2 is 2.00 bits per heavy atom. The lowest BCUT2D eigenvalue weighted by Gasteiger charge is -2.36. The first-order chi connectivity index (χ1) is 9.75. The fraction of sp³-hybridized carbons (Fsp3) is 1.00. The summed E-state index contributed by atoms with van der Waals surface area (Å²) >= 11 is 0. The summed E-state index contributed by atoms with van der Waals surface area (Å²) in [5, 5.41) is 13.8. The molecule has 2 unspecified atom stereocenters. The van der Waals surface area contributed by atoms with E-state index in [9.17, 15) is 5.11 Å². The largest absolute Gasteiger partial charge is 0.394 e. The van der Waals surface area contributed by atoms with Gasteiger partial charge in [-0.15, -0.1) is 0 Å². The van der Waals surface area contributed by atoms with Crippen molar-refractivity contribution in [1.82, 2.24) is 10.2 Å². The highest BCUT2D eigenvalue weighted by Gasteiger charge is 2.44. The zero-order chi connectivity index (χ0) is 14.0. The number of nitrogens with one attached hydrogen (secondary N) is 1. The van der Waals surface area contributed by atoms with Gasteiger partial charge in [-0.25, -0.2) is 0 Å². The minimum atomic E-state index is 0.0557. The van der Waals surface area contributed by atoms with Crippen LogP contribution in [0.5, 0.6) is 0 Å². The number of hydrogen-bond donors (Lipinski definition) is 2. The van der Waals surface area contributed by atoms with E-state index in [1.165, 1.54) is 71.0 Å². The van der Waals surface area contributed by atoms with Crippen LogP contribution >= 0.6 is 0 Å². The number of rotatable bonds is 9. The molecule has 0 aliphatic heterocycles. The number of hydrogen-bond acceptors (Lipinski definition) is 3. The maximum Gasteiger partial charge on any atom is 0.0616 e. The molecular weight excluding hydrogens is 248 g/mol. The van der Waals surface area contributed by atoms with Crippen molar-refractivity contribution < 1.29 is 5.11 Å². The summed E-state index contributed by atoms with van der Waals surface area (Å²) in [5.41, 5.74) is 0.0557. The van der Waals surface area contributed by atoms with Crippen LogP contribution in [-0.2, 0) is 0 Å². The highest BCUT2D eigenvalue weighted by molar-refractivity contribution is 5.03. The Hall–Kier alpha value is -0.120. The van der Waals surface area contributed by atoms with E-state index in [4.69, 9.17) is 0 Å². The molecule has 3 heteroatoms. The molecule has 2 atom stereocenters. The summed E-state index contributed by atoms with van der Waals surface area (Å²) in [5.74, 6) is 1.67. The molecular formula is C17H32N2O. The van der Waals surface area contributed by atoms with Crippen molar-refractivity contribution >= 4 is 0 Å². The maximum absolute atomic E-state index is 9.97. The summed E-state index contributed by atoms with van der Waals surface area (Å²) in [6.45, 7) is 6.35. The van der Waals surface area contributed by atoms with Crippen molar-refractivity contribution in [3.05, 3.63) is 0 Å². The quantitative estimate of drug-likeness (QED) is 0.681. The van der Waals surface area contributed by atoms with Crippen LogP contribution < -0.4 is 5.32 Å². The lowest BCUT2D eigenvalue weighted by molar-refractivity contribution is 0.109. The third-order valence-corrected chi connectivity index (χ3v) is 5.76. The first-order valence-corrected chi connectivity index (χ1v) is 8.86. The second kappa shape index (κ2) is 6.33. The first-order valence-electron chi connectivity index (χ1n) is 8.86. The van der Waals surface area contributed by atoms with Crippen molar-refractivity contribution in [2.24, 2.45) is 11.8 Å². The van der Waals surface area contributed by atoms with Crippen LogP contribution in [0.2, 0.25) is 0 Å². The smallest absolute Gasteiger partial charge is 0.0616 e. The Kier molecular flexibility index (Phi) is 4.68. The van der Waals surface area contributed by atoms with Gasteiger partial charge in [0.2, 0.25) is 0 Å². The average Bonchev–Trinajstić information content (AvgIpc) is 3.37. The van der Waals surface area contributed by atoms with Crippen molar-refractivity contribution in [3.63, 3.8) is 0 Å². The molecule has 0 amide bonds. The molecule has 0 bridgehead atoms. The first kappa shape index (κ1) is 14.8. The SMILES string of the molecule is CCN(CCC1CCCC1(CO)NC1CC1)CC1CC1. The van der Waals surface area contributed by atoms with Crippen molar-refractivity contribution in [2.45, 2.75) is 69.9 Å². The maximum atomic E-state index is 9.97. The van der Waals surface area contributed by atoms with Gasteiger partial charge in [-0.1, -0.05) is 13.3 Å². The van der Waals surface area contributed by atoms with Gasteiger partial charge in [0.1, 0.15) is 0 Å². The molecule has 20 heavy (non-hydrogen) atoms. The highest BCUT2D eigenvalue weighted by atomic mass is 16.3. The van der Waals surface area contributed by atoms with Crippen LogP contribution in [0.1, 0.15) is 58.3 Å². The van der Waals surface area contributed by atoms with Gasteiger partial charge in [-0.3, -0.25) is 0 Å². The van der Waals surface area contributed by atoms with E-state index in [-0.39, 0.29) is 5.54 Å². The summed E-state index contributed by atoms with van der Waals surface area (Å²) in [4.78, 5) is 2.63. The van der Waals surface area contributed by atoms with Crippen LogP contribution in [0.3, 0.4) is 0 Å². The van der Waals surface area contributed by atoms with Crippen LogP contribution in [0, 0.1) is 11.8 Å². The molecule has 3 saturated carbocycles. The van der Waals surface area contributed by atoms with E-state index in [1.54, 1.807) is 0 Å². The van der Waals surface area contributed by atoms with Crippen LogP contribution in [0.15, 0.2) is 0 Å². The normalized spacial score (nSPS) is 34.0. The van der Waals surface area contributed by atoms with Crippen molar-refractivity contribution in [2.75, 3.05) is 26.2 Å². The Balaban J connectivity index is 1.51. The third-order valence-electron chi connectivity index (χ3n) is 5.76. The molecule has 0 aromatic heterocycles. The van der Waals surface area contributed by atoms with E-state index >= 15 is 0 Å². The van der Waals surface area contributed by atoms with Crippen molar-refractivity contribution in [3.8, 4) is 0 Å². The monoisotopic (exact) mass is 280 g/mol. The molecule has 0 saturated heterocycles. The lowest BCUT2D eigenvalue weighted by Crippen LogP contribution is -2.53. The van der Waals surface area contributed by atoms with Crippen LogP contribution in [-0.4, -0.2) is 47.8 Å². The van der Waals surface area contributed by atoms with E-state index in [1.807, 2.05) is 0 Å². The minimum Gasteiger partial charge on any atom is -0.394 e. The molecule has 3 nitrogen and oxygen atoms in total. The molecule has 0 heterocycles. The van der Waals surface area contributed by atoms with E-state index < -0.39 is 0 Å². The minimum absolute atomic E-state index is 0.0557. The molecule has 3 fully saturated rings. The van der Waals surface area contributed by atoms with Gasteiger partial charge in [-0.2, -0.15) is 0 Å².